The van der Waals surface area contributed by atoms with Gasteiger partial charge in [0.1, 0.15) is 6.54 Å². The molecule has 0 amide bonds. The minimum absolute atomic E-state index is 0.0267. The number of aliphatic hydroxyl groups is 1. The lowest BCUT2D eigenvalue weighted by Gasteiger charge is -2.09. The van der Waals surface area contributed by atoms with Crippen molar-refractivity contribution in [3.8, 4) is 0 Å². The Morgan fingerprint density at radius 1 is 1.38 bits per heavy atom. The first-order valence-corrected chi connectivity index (χ1v) is 5.14. The lowest BCUT2D eigenvalue weighted by atomic mass is 10.3. The van der Waals surface area contributed by atoms with Crippen LogP contribution in [0.3, 0.4) is 0 Å². The van der Waals surface area contributed by atoms with Crippen molar-refractivity contribution in [2.75, 3.05) is 19.8 Å². The maximum Gasteiger partial charge on any atom is 0.325 e. The highest BCUT2D eigenvalue weighted by atomic mass is 16.5. The van der Waals surface area contributed by atoms with E-state index in [0.29, 0.717) is 25.3 Å². The van der Waals surface area contributed by atoms with Crippen LogP contribution in [0.2, 0.25) is 0 Å². The van der Waals surface area contributed by atoms with Crippen LogP contribution in [0.5, 0.6) is 0 Å². The van der Waals surface area contributed by atoms with E-state index in [-0.39, 0.29) is 24.9 Å². The molecule has 5 nitrogen and oxygen atoms in total. The van der Waals surface area contributed by atoms with Crippen LogP contribution in [-0.2, 0) is 14.3 Å². The van der Waals surface area contributed by atoms with Gasteiger partial charge in [-0.1, -0.05) is 6.58 Å². The second kappa shape index (κ2) is 8.64. The molecule has 0 aromatic carbocycles. The molecule has 0 bridgehead atoms. The molecule has 92 valence electrons. The highest BCUT2D eigenvalue weighted by molar-refractivity contribution is 5.71. The van der Waals surface area contributed by atoms with Gasteiger partial charge in [-0.25, -0.2) is 0 Å². The average Bonchev–Trinajstić information content (AvgIpc) is 2.22. The summed E-state index contributed by atoms with van der Waals surface area (Å²) < 4.78 is 9.86. The molecule has 0 heterocycles. The maximum absolute atomic E-state index is 11.1. The standard InChI is InChI=1S/C11H19NO4/c1-4-15-10(3)12-8-11(14)16-7-5-6-9(2)13/h12-13H,2-8H2,1H3. The molecule has 0 spiro atoms. The molecule has 5 heteroatoms. The van der Waals surface area contributed by atoms with Gasteiger partial charge in [0.25, 0.3) is 0 Å². The number of carbonyl (C=O) groups excluding carboxylic acids is 1. The Morgan fingerprint density at radius 2 is 2.06 bits per heavy atom. The van der Waals surface area contributed by atoms with E-state index in [4.69, 9.17) is 14.6 Å². The fraction of sp³-hybridized carbons (Fsp3) is 0.545. The van der Waals surface area contributed by atoms with Crippen molar-refractivity contribution in [1.29, 1.82) is 0 Å². The molecule has 0 atom stereocenters. The summed E-state index contributed by atoms with van der Waals surface area (Å²) in [5, 5.41) is 11.5. The topological polar surface area (TPSA) is 67.8 Å². The van der Waals surface area contributed by atoms with E-state index in [9.17, 15) is 4.79 Å². The quantitative estimate of drug-likeness (QED) is 0.356. The van der Waals surface area contributed by atoms with Crippen LogP contribution in [0.25, 0.3) is 0 Å². The molecule has 0 rings (SSSR count). The van der Waals surface area contributed by atoms with Gasteiger partial charge in [0.15, 0.2) is 5.88 Å². The summed E-state index contributed by atoms with van der Waals surface area (Å²) in [7, 11) is 0. The van der Waals surface area contributed by atoms with Crippen LogP contribution in [0.15, 0.2) is 24.8 Å². The summed E-state index contributed by atoms with van der Waals surface area (Å²) in [6.07, 6.45) is 1.000. The van der Waals surface area contributed by atoms with E-state index < -0.39 is 0 Å². The lowest BCUT2D eigenvalue weighted by molar-refractivity contribution is -0.142. The van der Waals surface area contributed by atoms with Gasteiger partial charge in [0.2, 0.25) is 0 Å². The van der Waals surface area contributed by atoms with Gasteiger partial charge in [-0.15, -0.1) is 0 Å². The van der Waals surface area contributed by atoms with Gasteiger partial charge >= 0.3 is 5.97 Å². The molecular formula is C11H19NO4. The Balaban J connectivity index is 3.44. The number of carbonyl (C=O) groups is 1. The Morgan fingerprint density at radius 3 is 2.62 bits per heavy atom. The van der Waals surface area contributed by atoms with Gasteiger partial charge in [-0.3, -0.25) is 4.79 Å². The molecule has 0 unspecified atom stereocenters. The van der Waals surface area contributed by atoms with Crippen LogP contribution < -0.4 is 5.32 Å². The van der Waals surface area contributed by atoms with Gasteiger partial charge < -0.3 is 19.9 Å². The van der Waals surface area contributed by atoms with Crippen molar-refractivity contribution in [1.82, 2.24) is 5.32 Å². The molecular weight excluding hydrogens is 210 g/mol. The second-order valence-corrected chi connectivity index (χ2v) is 3.10. The minimum Gasteiger partial charge on any atom is -0.513 e. The Bertz CT molecular complexity index is 250. The second-order valence-electron chi connectivity index (χ2n) is 3.10. The third-order valence-electron chi connectivity index (χ3n) is 1.62. The van der Waals surface area contributed by atoms with Crippen LogP contribution in [0, 0.1) is 0 Å². The van der Waals surface area contributed by atoms with E-state index in [1.807, 2.05) is 6.92 Å². The largest absolute Gasteiger partial charge is 0.513 e. The first-order chi connectivity index (χ1) is 7.56. The summed E-state index contributed by atoms with van der Waals surface area (Å²) in [5.41, 5.74) is 0. The van der Waals surface area contributed by atoms with Gasteiger partial charge in [-0.05, 0) is 19.9 Å². The maximum atomic E-state index is 11.1. The van der Waals surface area contributed by atoms with Gasteiger partial charge in [-0.2, -0.15) is 0 Å². The number of ether oxygens (including phenoxy) is 2. The molecule has 0 fully saturated rings. The van der Waals surface area contributed by atoms with Crippen LogP contribution in [0.1, 0.15) is 19.8 Å². The van der Waals surface area contributed by atoms with Gasteiger partial charge in [0.05, 0.1) is 19.0 Å². The molecule has 0 radical (unpaired) electrons. The zero-order valence-electron chi connectivity index (χ0n) is 9.62. The van der Waals surface area contributed by atoms with E-state index in [2.05, 4.69) is 18.5 Å². The highest BCUT2D eigenvalue weighted by Gasteiger charge is 2.03. The van der Waals surface area contributed by atoms with Crippen LogP contribution >= 0.6 is 0 Å². The first-order valence-electron chi connectivity index (χ1n) is 5.14. The number of allylic oxidation sites excluding steroid dienone is 1. The SMILES string of the molecule is C=C(O)CCCOC(=O)CNC(=C)OCC. The van der Waals surface area contributed by atoms with Crippen LogP contribution in [0.4, 0.5) is 0 Å². The molecule has 0 aliphatic rings. The summed E-state index contributed by atoms with van der Waals surface area (Å²) in [5.74, 6) is 0.0616. The number of hydrogen-bond acceptors (Lipinski definition) is 5. The fourth-order valence-corrected chi connectivity index (χ4v) is 0.909. The van der Waals surface area contributed by atoms with Crippen molar-refractivity contribution in [2.45, 2.75) is 19.8 Å². The molecule has 0 aromatic rings. The predicted octanol–water partition coefficient (Wildman–Crippen LogP) is 1.48. The average molecular weight is 229 g/mol. The molecule has 0 aliphatic heterocycles. The number of rotatable bonds is 9. The highest BCUT2D eigenvalue weighted by Crippen LogP contribution is 1.97. The monoisotopic (exact) mass is 229 g/mol. The fourth-order valence-electron chi connectivity index (χ4n) is 0.909. The zero-order valence-corrected chi connectivity index (χ0v) is 9.62. The lowest BCUT2D eigenvalue weighted by Crippen LogP contribution is -2.25. The number of nitrogens with one attached hydrogen (secondary N) is 1. The first kappa shape index (κ1) is 14.3. The van der Waals surface area contributed by atoms with Crippen molar-refractivity contribution < 1.29 is 19.4 Å². The van der Waals surface area contributed by atoms with Gasteiger partial charge in [0, 0.05) is 6.42 Å². The molecule has 2 N–H and O–H groups in total. The summed E-state index contributed by atoms with van der Waals surface area (Å²) in [6.45, 7) is 9.49. The Kier molecular flexibility index (Phi) is 7.75. The van der Waals surface area contributed by atoms with E-state index in [1.54, 1.807) is 0 Å². The summed E-state index contributed by atoms with van der Waals surface area (Å²) in [4.78, 5) is 11.1. The zero-order chi connectivity index (χ0) is 12.4. The molecule has 0 saturated heterocycles. The van der Waals surface area contributed by atoms with E-state index in [0.717, 1.165) is 0 Å². The molecule has 16 heavy (non-hydrogen) atoms. The number of esters is 1. The predicted molar refractivity (Wildman–Crippen MR) is 60.7 cm³/mol. The van der Waals surface area contributed by atoms with Crippen LogP contribution in [-0.4, -0.2) is 30.8 Å². The normalized spacial score (nSPS) is 9.31. The van der Waals surface area contributed by atoms with E-state index in [1.165, 1.54) is 0 Å². The van der Waals surface area contributed by atoms with E-state index >= 15 is 0 Å². The van der Waals surface area contributed by atoms with Crippen molar-refractivity contribution >= 4 is 5.97 Å². The van der Waals surface area contributed by atoms with Crippen molar-refractivity contribution in [3.63, 3.8) is 0 Å². The van der Waals surface area contributed by atoms with Crippen molar-refractivity contribution in [3.05, 3.63) is 24.8 Å². The number of aliphatic hydroxyl groups excluding tert-OH is 1. The third kappa shape index (κ3) is 8.93. The third-order valence-corrected chi connectivity index (χ3v) is 1.62. The minimum atomic E-state index is -0.385. The molecule has 0 saturated carbocycles. The Hall–Kier alpha value is -1.65. The molecule has 0 aromatic heterocycles. The molecule has 0 aliphatic carbocycles. The smallest absolute Gasteiger partial charge is 0.325 e. The number of hydrogen-bond donors (Lipinski definition) is 2. The summed E-state index contributed by atoms with van der Waals surface area (Å²) in [6, 6.07) is 0. The Labute approximate surface area is 95.7 Å². The summed E-state index contributed by atoms with van der Waals surface area (Å²) >= 11 is 0. The van der Waals surface area contributed by atoms with Crippen molar-refractivity contribution in [2.24, 2.45) is 0 Å².